The molecule has 0 aliphatic heterocycles. The monoisotopic (exact) mass is 218 g/mol. The summed E-state index contributed by atoms with van der Waals surface area (Å²) >= 11 is 0. The van der Waals surface area contributed by atoms with E-state index < -0.39 is 5.60 Å². The highest BCUT2D eigenvalue weighted by atomic mass is 16.3. The Morgan fingerprint density at radius 1 is 1.19 bits per heavy atom. The largest absolute Gasteiger partial charge is 0.385 e. The Morgan fingerprint density at radius 2 is 1.81 bits per heavy atom. The molecule has 2 atom stereocenters. The molecule has 16 heavy (non-hydrogen) atoms. The van der Waals surface area contributed by atoms with Crippen molar-refractivity contribution in [2.45, 2.75) is 46.1 Å². The summed E-state index contributed by atoms with van der Waals surface area (Å²) in [4.78, 5) is 0. The maximum atomic E-state index is 10.9. The molecule has 1 aromatic carbocycles. The summed E-state index contributed by atoms with van der Waals surface area (Å²) in [5.41, 5.74) is 1.69. The first-order chi connectivity index (χ1) is 7.39. The molecule has 1 nitrogen and oxygen atoms in total. The van der Waals surface area contributed by atoms with Crippen LogP contribution in [-0.4, -0.2) is 5.11 Å². The molecule has 1 aliphatic rings. The van der Waals surface area contributed by atoms with E-state index in [1.165, 1.54) is 5.56 Å². The van der Waals surface area contributed by atoms with Crippen molar-refractivity contribution < 1.29 is 5.11 Å². The Hall–Kier alpha value is -0.820. The van der Waals surface area contributed by atoms with E-state index in [2.05, 4.69) is 39.0 Å². The molecule has 0 saturated heterocycles. The van der Waals surface area contributed by atoms with E-state index in [9.17, 15) is 5.11 Å². The summed E-state index contributed by atoms with van der Waals surface area (Å²) in [5, 5.41) is 10.9. The average molecular weight is 218 g/mol. The minimum absolute atomic E-state index is 0.0264. The second kappa shape index (κ2) is 3.59. The van der Waals surface area contributed by atoms with E-state index in [0.717, 1.165) is 18.4 Å². The minimum atomic E-state index is -0.712. The van der Waals surface area contributed by atoms with Gasteiger partial charge in [-0.3, -0.25) is 0 Å². The molecule has 0 spiro atoms. The van der Waals surface area contributed by atoms with Crippen LogP contribution in [0.1, 0.15) is 45.2 Å². The third kappa shape index (κ3) is 1.41. The van der Waals surface area contributed by atoms with E-state index in [1.807, 2.05) is 13.0 Å². The number of aryl methyl sites for hydroxylation is 1. The predicted molar refractivity (Wildman–Crippen MR) is 67.3 cm³/mol. The molecule has 1 N–H and O–H groups in total. The fourth-order valence-electron chi connectivity index (χ4n) is 3.01. The first-order valence-corrected chi connectivity index (χ1v) is 6.20. The van der Waals surface area contributed by atoms with Gasteiger partial charge in [0, 0.05) is 5.41 Å². The van der Waals surface area contributed by atoms with Crippen molar-refractivity contribution in [2.75, 3.05) is 0 Å². The summed E-state index contributed by atoms with van der Waals surface area (Å²) in [6.45, 7) is 8.61. The van der Waals surface area contributed by atoms with Gasteiger partial charge in [0.1, 0.15) is 0 Å². The molecule has 2 rings (SSSR count). The standard InChI is InChI=1S/C15H22O/c1-11(2)14(3)10-9-12-7-5-6-8-13(12)15(14,4)16/h5-8,11,16H,9-10H2,1-4H3. The van der Waals surface area contributed by atoms with Crippen LogP contribution in [0.4, 0.5) is 0 Å². The van der Waals surface area contributed by atoms with Crippen molar-refractivity contribution in [3.63, 3.8) is 0 Å². The van der Waals surface area contributed by atoms with E-state index in [-0.39, 0.29) is 5.41 Å². The summed E-state index contributed by atoms with van der Waals surface area (Å²) in [7, 11) is 0. The molecule has 0 saturated carbocycles. The Labute approximate surface area is 98.5 Å². The number of fused-ring (bicyclic) bond motifs is 1. The third-order valence-corrected chi connectivity index (χ3v) is 4.84. The molecule has 0 fully saturated rings. The van der Waals surface area contributed by atoms with Crippen molar-refractivity contribution in [1.82, 2.24) is 0 Å². The minimum Gasteiger partial charge on any atom is -0.385 e. The molecule has 0 aromatic heterocycles. The van der Waals surface area contributed by atoms with Gasteiger partial charge in [-0.1, -0.05) is 45.0 Å². The van der Waals surface area contributed by atoms with Crippen molar-refractivity contribution >= 4 is 0 Å². The molecule has 1 aliphatic carbocycles. The van der Waals surface area contributed by atoms with E-state index >= 15 is 0 Å². The van der Waals surface area contributed by atoms with Crippen molar-refractivity contribution in [3.05, 3.63) is 35.4 Å². The van der Waals surface area contributed by atoms with E-state index in [0.29, 0.717) is 5.92 Å². The highest BCUT2D eigenvalue weighted by Crippen LogP contribution is 2.52. The van der Waals surface area contributed by atoms with E-state index in [4.69, 9.17) is 0 Å². The highest BCUT2D eigenvalue weighted by Gasteiger charge is 2.49. The summed E-state index contributed by atoms with van der Waals surface area (Å²) < 4.78 is 0. The lowest BCUT2D eigenvalue weighted by Crippen LogP contribution is -2.48. The van der Waals surface area contributed by atoms with Gasteiger partial charge in [-0.05, 0) is 36.8 Å². The van der Waals surface area contributed by atoms with Gasteiger partial charge < -0.3 is 5.11 Å². The first kappa shape index (κ1) is 11.7. The molecule has 1 aromatic rings. The number of hydrogen-bond donors (Lipinski definition) is 1. The van der Waals surface area contributed by atoms with Crippen LogP contribution < -0.4 is 0 Å². The lowest BCUT2D eigenvalue weighted by atomic mass is 9.58. The van der Waals surface area contributed by atoms with Gasteiger partial charge in [-0.2, -0.15) is 0 Å². The number of rotatable bonds is 1. The maximum absolute atomic E-state index is 10.9. The topological polar surface area (TPSA) is 20.2 Å². The van der Waals surface area contributed by atoms with E-state index in [1.54, 1.807) is 0 Å². The summed E-state index contributed by atoms with van der Waals surface area (Å²) in [6, 6.07) is 8.31. The fourth-order valence-corrected chi connectivity index (χ4v) is 3.01. The average Bonchev–Trinajstić information content (AvgIpc) is 2.24. The highest BCUT2D eigenvalue weighted by molar-refractivity contribution is 5.36. The van der Waals surface area contributed by atoms with Crippen molar-refractivity contribution in [2.24, 2.45) is 11.3 Å². The number of benzene rings is 1. The fraction of sp³-hybridized carbons (Fsp3) is 0.600. The molecular weight excluding hydrogens is 196 g/mol. The molecule has 88 valence electrons. The Bertz CT molecular complexity index is 392. The third-order valence-electron chi connectivity index (χ3n) is 4.84. The van der Waals surface area contributed by atoms with Crippen LogP contribution in [0.5, 0.6) is 0 Å². The van der Waals surface area contributed by atoms with Crippen LogP contribution in [0.25, 0.3) is 0 Å². The van der Waals surface area contributed by atoms with Crippen LogP contribution in [-0.2, 0) is 12.0 Å². The molecule has 0 bridgehead atoms. The zero-order valence-corrected chi connectivity index (χ0v) is 10.7. The quantitative estimate of drug-likeness (QED) is 0.765. The first-order valence-electron chi connectivity index (χ1n) is 6.20. The predicted octanol–water partition coefficient (Wildman–Crippen LogP) is 3.50. The number of hydrogen-bond acceptors (Lipinski definition) is 1. The zero-order valence-electron chi connectivity index (χ0n) is 10.7. The van der Waals surface area contributed by atoms with Crippen LogP contribution in [0.15, 0.2) is 24.3 Å². The summed E-state index contributed by atoms with van der Waals surface area (Å²) in [5.74, 6) is 0.482. The molecular formula is C15H22O. The van der Waals surface area contributed by atoms with Crippen LogP contribution in [0.2, 0.25) is 0 Å². The molecule has 1 heteroatoms. The van der Waals surface area contributed by atoms with Crippen molar-refractivity contribution in [1.29, 1.82) is 0 Å². The van der Waals surface area contributed by atoms with Gasteiger partial charge in [0.25, 0.3) is 0 Å². The second-order valence-electron chi connectivity index (χ2n) is 5.80. The Kier molecular flexibility index (Phi) is 2.62. The van der Waals surface area contributed by atoms with Gasteiger partial charge in [0.15, 0.2) is 0 Å². The zero-order chi connectivity index (χ0) is 12.0. The van der Waals surface area contributed by atoms with Gasteiger partial charge in [-0.25, -0.2) is 0 Å². The summed E-state index contributed by atoms with van der Waals surface area (Å²) in [6.07, 6.45) is 2.15. The Morgan fingerprint density at radius 3 is 2.44 bits per heavy atom. The molecule has 0 amide bonds. The molecule has 0 heterocycles. The SMILES string of the molecule is CC(C)C1(C)CCc2ccccc2C1(C)O. The lowest BCUT2D eigenvalue weighted by molar-refractivity contribution is -0.105. The van der Waals surface area contributed by atoms with Gasteiger partial charge >= 0.3 is 0 Å². The van der Waals surface area contributed by atoms with Crippen LogP contribution >= 0.6 is 0 Å². The molecule has 2 unspecified atom stereocenters. The second-order valence-corrected chi connectivity index (χ2v) is 5.80. The van der Waals surface area contributed by atoms with Crippen LogP contribution in [0.3, 0.4) is 0 Å². The normalized spacial score (nSPS) is 33.9. The maximum Gasteiger partial charge on any atom is 0.0927 e. The van der Waals surface area contributed by atoms with Gasteiger partial charge in [-0.15, -0.1) is 0 Å². The van der Waals surface area contributed by atoms with Gasteiger partial charge in [0.05, 0.1) is 5.60 Å². The van der Waals surface area contributed by atoms with Crippen LogP contribution in [0, 0.1) is 11.3 Å². The smallest absolute Gasteiger partial charge is 0.0927 e. The Balaban J connectivity index is 2.55. The molecule has 0 radical (unpaired) electrons. The van der Waals surface area contributed by atoms with Crippen molar-refractivity contribution in [3.8, 4) is 0 Å². The van der Waals surface area contributed by atoms with Gasteiger partial charge in [0.2, 0.25) is 0 Å². The number of aliphatic hydroxyl groups is 1. The lowest BCUT2D eigenvalue weighted by Gasteiger charge is -2.50.